The second-order valence-electron chi connectivity index (χ2n) is 6.85. The lowest BCUT2D eigenvalue weighted by atomic mass is 9.85. The number of carbonyl (C=O) groups is 2. The molecule has 1 aliphatic heterocycles. The summed E-state index contributed by atoms with van der Waals surface area (Å²) in [6.07, 6.45) is 3.97. The second-order valence-corrected chi connectivity index (χ2v) is 7.28. The fourth-order valence-corrected chi connectivity index (χ4v) is 4.67. The maximum Gasteiger partial charge on any atom is 0.294 e. The number of benzene rings is 1. The van der Waals surface area contributed by atoms with Crippen molar-refractivity contribution in [3.63, 3.8) is 0 Å². The Bertz CT molecular complexity index is 866. The highest BCUT2D eigenvalue weighted by molar-refractivity contribution is 6.31. The number of rotatable bonds is 2. The SMILES string of the molecule is CC(C)=C1[C@H]2C=C[C@H]1[C@H]1C(=O)N(c3ccc(Cl)cc3[N+](=O)[O-])C(=O)[C@H]12. The van der Waals surface area contributed by atoms with Crippen LogP contribution < -0.4 is 4.90 Å². The Balaban J connectivity index is 1.81. The van der Waals surface area contributed by atoms with Crippen molar-refractivity contribution in [1.29, 1.82) is 0 Å². The summed E-state index contributed by atoms with van der Waals surface area (Å²) in [5, 5.41) is 11.5. The molecule has 25 heavy (non-hydrogen) atoms. The zero-order valence-corrected chi connectivity index (χ0v) is 14.4. The fraction of sp³-hybridized carbons (Fsp3) is 0.333. The first-order valence-electron chi connectivity index (χ1n) is 8.00. The Kier molecular flexibility index (Phi) is 3.37. The third-order valence-corrected chi connectivity index (χ3v) is 5.60. The van der Waals surface area contributed by atoms with E-state index in [4.69, 9.17) is 11.6 Å². The van der Waals surface area contributed by atoms with Gasteiger partial charge in [0.1, 0.15) is 5.69 Å². The molecule has 2 fully saturated rings. The molecule has 0 radical (unpaired) electrons. The molecule has 0 N–H and O–H groups in total. The first-order chi connectivity index (χ1) is 11.8. The van der Waals surface area contributed by atoms with Crippen molar-refractivity contribution < 1.29 is 14.5 Å². The monoisotopic (exact) mass is 358 g/mol. The molecule has 4 atom stereocenters. The Hall–Kier alpha value is -2.47. The van der Waals surface area contributed by atoms with Crippen molar-refractivity contribution in [3.8, 4) is 0 Å². The zero-order chi connectivity index (χ0) is 18.0. The zero-order valence-electron chi connectivity index (χ0n) is 13.6. The average Bonchev–Trinajstić information content (AvgIpc) is 3.18. The molecule has 1 saturated carbocycles. The summed E-state index contributed by atoms with van der Waals surface area (Å²) in [5.41, 5.74) is 1.93. The third kappa shape index (κ3) is 2.03. The van der Waals surface area contributed by atoms with Crippen LogP contribution in [0.3, 0.4) is 0 Å². The number of nitro benzene ring substituents is 1. The lowest BCUT2D eigenvalue weighted by Crippen LogP contribution is -2.33. The number of hydrogen-bond donors (Lipinski definition) is 0. The predicted octanol–water partition coefficient (Wildman–Crippen LogP) is 3.51. The Labute approximate surface area is 148 Å². The Morgan fingerprint density at radius 3 is 2.16 bits per heavy atom. The van der Waals surface area contributed by atoms with Crippen LogP contribution in [0.15, 0.2) is 41.5 Å². The summed E-state index contributed by atoms with van der Waals surface area (Å²) in [6.45, 7) is 3.97. The van der Waals surface area contributed by atoms with E-state index in [0.29, 0.717) is 0 Å². The first kappa shape index (κ1) is 16.0. The second kappa shape index (κ2) is 5.26. The molecule has 2 aliphatic carbocycles. The number of allylic oxidation sites excluding steroid dienone is 4. The van der Waals surface area contributed by atoms with E-state index >= 15 is 0 Å². The van der Waals surface area contributed by atoms with Gasteiger partial charge in [0.25, 0.3) is 5.69 Å². The van der Waals surface area contributed by atoms with Crippen LogP contribution in [-0.2, 0) is 9.59 Å². The number of nitrogens with zero attached hydrogens (tertiary/aromatic N) is 2. The van der Waals surface area contributed by atoms with Gasteiger partial charge in [0.2, 0.25) is 11.8 Å². The third-order valence-electron chi connectivity index (χ3n) is 5.37. The smallest absolute Gasteiger partial charge is 0.274 e. The van der Waals surface area contributed by atoms with E-state index in [9.17, 15) is 19.7 Å². The summed E-state index contributed by atoms with van der Waals surface area (Å²) in [6, 6.07) is 3.99. The Morgan fingerprint density at radius 1 is 1.12 bits per heavy atom. The van der Waals surface area contributed by atoms with Gasteiger partial charge in [-0.05, 0) is 26.0 Å². The van der Waals surface area contributed by atoms with Gasteiger partial charge < -0.3 is 0 Å². The summed E-state index contributed by atoms with van der Waals surface area (Å²) in [4.78, 5) is 37.7. The highest BCUT2D eigenvalue weighted by Crippen LogP contribution is 2.57. The molecule has 128 valence electrons. The maximum absolute atomic E-state index is 13.0. The molecule has 1 saturated heterocycles. The van der Waals surface area contributed by atoms with Crippen LogP contribution in [0, 0.1) is 33.8 Å². The van der Waals surface area contributed by atoms with Crippen molar-refractivity contribution in [2.24, 2.45) is 23.7 Å². The van der Waals surface area contributed by atoms with E-state index in [-0.39, 0.29) is 40.0 Å². The molecule has 2 bridgehead atoms. The van der Waals surface area contributed by atoms with E-state index in [1.54, 1.807) is 0 Å². The van der Waals surface area contributed by atoms with Crippen molar-refractivity contribution in [1.82, 2.24) is 0 Å². The minimum absolute atomic E-state index is 0.00282. The largest absolute Gasteiger partial charge is 0.294 e. The van der Waals surface area contributed by atoms with E-state index in [1.165, 1.54) is 18.2 Å². The molecule has 7 heteroatoms. The molecule has 0 aromatic heterocycles. The van der Waals surface area contributed by atoms with Gasteiger partial charge in [-0.3, -0.25) is 19.7 Å². The summed E-state index contributed by atoms with van der Waals surface area (Å²) in [5.74, 6) is -1.85. The van der Waals surface area contributed by atoms with Gasteiger partial charge in [-0.15, -0.1) is 0 Å². The molecule has 2 amide bonds. The number of fused-ring (bicyclic) bond motifs is 5. The lowest BCUT2D eigenvalue weighted by molar-refractivity contribution is -0.384. The van der Waals surface area contributed by atoms with Crippen LogP contribution >= 0.6 is 11.6 Å². The average molecular weight is 359 g/mol. The minimum Gasteiger partial charge on any atom is -0.274 e. The number of imide groups is 1. The lowest BCUT2D eigenvalue weighted by Gasteiger charge is -2.19. The molecule has 0 unspecified atom stereocenters. The van der Waals surface area contributed by atoms with Gasteiger partial charge in [0, 0.05) is 22.9 Å². The molecular weight excluding hydrogens is 344 g/mol. The van der Waals surface area contributed by atoms with Crippen LogP contribution in [0.4, 0.5) is 11.4 Å². The highest BCUT2D eigenvalue weighted by atomic mass is 35.5. The van der Waals surface area contributed by atoms with Gasteiger partial charge in [-0.25, -0.2) is 4.90 Å². The molecule has 1 aromatic rings. The van der Waals surface area contributed by atoms with Crippen LogP contribution in [0.2, 0.25) is 5.02 Å². The van der Waals surface area contributed by atoms with E-state index in [2.05, 4.69) is 0 Å². The van der Waals surface area contributed by atoms with Crippen LogP contribution in [0.1, 0.15) is 13.8 Å². The summed E-state index contributed by atoms with van der Waals surface area (Å²) < 4.78 is 0. The molecule has 4 rings (SSSR count). The summed E-state index contributed by atoms with van der Waals surface area (Å²) in [7, 11) is 0. The van der Waals surface area contributed by atoms with E-state index < -0.39 is 16.8 Å². The standard InChI is InChI=1S/C18H15ClN2O4/c1-8(2)14-10-4-5-11(14)16-15(10)17(22)20(18(16)23)12-6-3-9(19)7-13(12)21(24)25/h3-7,10-11,15-16H,1-2H3/t10-,11-,15-,16+/m1/s1. The quantitative estimate of drug-likeness (QED) is 0.350. The van der Waals surface area contributed by atoms with Gasteiger partial charge in [-0.1, -0.05) is 34.9 Å². The number of nitro groups is 1. The predicted molar refractivity (Wildman–Crippen MR) is 92.1 cm³/mol. The summed E-state index contributed by atoms with van der Waals surface area (Å²) >= 11 is 5.84. The van der Waals surface area contributed by atoms with Crippen molar-refractivity contribution in [2.75, 3.05) is 4.90 Å². The van der Waals surface area contributed by atoms with Crippen molar-refractivity contribution in [2.45, 2.75) is 13.8 Å². The highest BCUT2D eigenvalue weighted by Gasteiger charge is 2.62. The number of carbonyl (C=O) groups excluding carboxylic acids is 2. The van der Waals surface area contributed by atoms with Crippen molar-refractivity contribution in [3.05, 3.63) is 56.6 Å². The molecule has 1 aromatic carbocycles. The molecule has 1 heterocycles. The van der Waals surface area contributed by atoms with Crippen molar-refractivity contribution >= 4 is 34.8 Å². The topological polar surface area (TPSA) is 80.5 Å². The molecule has 0 spiro atoms. The number of halogens is 1. The van der Waals surface area contributed by atoms with Crippen LogP contribution in [-0.4, -0.2) is 16.7 Å². The van der Waals surface area contributed by atoms with E-state index in [0.717, 1.165) is 16.0 Å². The van der Waals surface area contributed by atoms with Crippen LogP contribution in [0.25, 0.3) is 0 Å². The van der Waals surface area contributed by atoms with E-state index in [1.807, 2.05) is 26.0 Å². The number of amides is 2. The maximum atomic E-state index is 13.0. The van der Waals surface area contributed by atoms with Gasteiger partial charge in [0.15, 0.2) is 0 Å². The molecular formula is C18H15ClN2O4. The van der Waals surface area contributed by atoms with Gasteiger partial charge >= 0.3 is 0 Å². The minimum atomic E-state index is -0.621. The first-order valence-corrected chi connectivity index (χ1v) is 8.38. The molecule has 6 nitrogen and oxygen atoms in total. The molecule has 3 aliphatic rings. The van der Waals surface area contributed by atoms with Gasteiger partial charge in [0.05, 0.1) is 16.8 Å². The Morgan fingerprint density at radius 2 is 1.68 bits per heavy atom. The normalized spacial score (nSPS) is 29.6. The fourth-order valence-electron chi connectivity index (χ4n) is 4.50. The number of anilines is 1. The number of hydrogen-bond acceptors (Lipinski definition) is 4. The van der Waals surface area contributed by atoms with Gasteiger partial charge in [-0.2, -0.15) is 0 Å². The van der Waals surface area contributed by atoms with Crippen LogP contribution in [0.5, 0.6) is 0 Å².